The number of sulfonamides is 1. The van der Waals surface area contributed by atoms with Crippen LogP contribution in [0.4, 0.5) is 0 Å². The number of benzene rings is 2. The Morgan fingerprint density at radius 1 is 1.03 bits per heavy atom. The summed E-state index contributed by atoms with van der Waals surface area (Å²) in [5.41, 5.74) is 0.629. The fraction of sp³-hybridized carbons (Fsp3) is 0.458. The Morgan fingerprint density at radius 2 is 1.68 bits per heavy atom. The molecule has 7 heteroatoms. The lowest BCUT2D eigenvalue weighted by Gasteiger charge is -2.26. The van der Waals surface area contributed by atoms with Crippen LogP contribution < -0.4 is 9.46 Å². The van der Waals surface area contributed by atoms with E-state index in [0.29, 0.717) is 25.3 Å². The van der Waals surface area contributed by atoms with Gasteiger partial charge in [-0.25, -0.2) is 13.1 Å². The highest BCUT2D eigenvalue weighted by atomic mass is 32.2. The number of amides is 1. The first-order valence-corrected chi connectivity index (χ1v) is 12.3. The molecule has 0 aliphatic carbocycles. The predicted molar refractivity (Wildman–Crippen MR) is 122 cm³/mol. The average molecular weight is 445 g/mol. The molecule has 0 bridgehead atoms. The summed E-state index contributed by atoms with van der Waals surface area (Å²) in [7, 11) is -2.34. The van der Waals surface area contributed by atoms with Gasteiger partial charge in [0, 0.05) is 18.6 Å². The molecular weight excluding hydrogens is 412 g/mol. The molecule has 0 spiro atoms. The highest BCUT2D eigenvalue weighted by Crippen LogP contribution is 2.26. The lowest BCUT2D eigenvalue weighted by molar-refractivity contribution is 0.0758. The van der Waals surface area contributed by atoms with Crippen LogP contribution in [0, 0.1) is 0 Å². The van der Waals surface area contributed by atoms with Gasteiger partial charge in [0.1, 0.15) is 5.75 Å². The molecule has 0 aromatic heterocycles. The number of likely N-dealkylation sites (tertiary alicyclic amines) is 1. The Labute approximate surface area is 185 Å². The molecule has 2 aromatic carbocycles. The van der Waals surface area contributed by atoms with Gasteiger partial charge < -0.3 is 9.64 Å². The molecule has 31 heavy (non-hydrogen) atoms. The van der Waals surface area contributed by atoms with Crippen LogP contribution in [0.1, 0.15) is 55.5 Å². The zero-order valence-electron chi connectivity index (χ0n) is 18.6. The Kier molecular flexibility index (Phi) is 7.38. The summed E-state index contributed by atoms with van der Waals surface area (Å²) in [5, 5.41) is 0. The fourth-order valence-electron chi connectivity index (χ4n) is 4.03. The monoisotopic (exact) mass is 444 g/mol. The van der Waals surface area contributed by atoms with E-state index in [1.807, 2.05) is 44.2 Å². The number of hydrogen-bond acceptors (Lipinski definition) is 4. The number of carbonyl (C=O) groups excluding carboxylic acids is 1. The molecule has 0 atom stereocenters. The van der Waals surface area contributed by atoms with Crippen LogP contribution in [0.5, 0.6) is 5.75 Å². The highest BCUT2D eigenvalue weighted by molar-refractivity contribution is 7.89. The minimum Gasteiger partial charge on any atom is -0.496 e. The van der Waals surface area contributed by atoms with Gasteiger partial charge in [-0.05, 0) is 56.9 Å². The first-order valence-electron chi connectivity index (χ1n) is 10.8. The van der Waals surface area contributed by atoms with Crippen LogP contribution in [0.2, 0.25) is 0 Å². The third kappa shape index (κ3) is 6.08. The summed E-state index contributed by atoms with van der Waals surface area (Å²) >= 11 is 0. The number of ether oxygens (including phenoxy) is 1. The molecule has 168 valence electrons. The minimum absolute atomic E-state index is 0.0626. The third-order valence-electron chi connectivity index (χ3n) is 5.50. The lowest BCUT2D eigenvalue weighted by Crippen LogP contribution is -2.45. The highest BCUT2D eigenvalue weighted by Gasteiger charge is 2.29. The topological polar surface area (TPSA) is 75.7 Å². The van der Waals surface area contributed by atoms with Crippen molar-refractivity contribution in [3.63, 3.8) is 0 Å². The van der Waals surface area contributed by atoms with Crippen LogP contribution in [0.3, 0.4) is 0 Å². The Bertz CT molecular complexity index is 995. The van der Waals surface area contributed by atoms with Gasteiger partial charge in [0.15, 0.2) is 0 Å². The van der Waals surface area contributed by atoms with Crippen molar-refractivity contribution in [1.29, 1.82) is 0 Å². The van der Waals surface area contributed by atoms with E-state index < -0.39 is 15.6 Å². The maximum atomic E-state index is 13.2. The van der Waals surface area contributed by atoms with Crippen molar-refractivity contribution in [2.75, 3.05) is 20.2 Å². The van der Waals surface area contributed by atoms with E-state index in [1.165, 1.54) is 19.2 Å². The first kappa shape index (κ1) is 23.3. The molecule has 1 heterocycles. The molecule has 6 nitrogen and oxygen atoms in total. The van der Waals surface area contributed by atoms with Crippen molar-refractivity contribution in [3.8, 4) is 5.75 Å². The van der Waals surface area contributed by atoms with Crippen LogP contribution >= 0.6 is 0 Å². The number of rotatable bonds is 7. The van der Waals surface area contributed by atoms with E-state index in [2.05, 4.69) is 4.72 Å². The van der Waals surface area contributed by atoms with Crippen LogP contribution in [-0.2, 0) is 16.4 Å². The SMILES string of the molecule is COc1ccc(S(=O)(=O)NC(C)(C)Cc2ccccc2)cc1C(=O)N1CCCCCC1. The summed E-state index contributed by atoms with van der Waals surface area (Å²) in [6.07, 6.45) is 4.68. The van der Waals surface area contributed by atoms with E-state index in [1.54, 1.807) is 11.0 Å². The van der Waals surface area contributed by atoms with Crippen molar-refractivity contribution in [2.45, 2.75) is 56.4 Å². The zero-order valence-corrected chi connectivity index (χ0v) is 19.4. The number of carbonyl (C=O) groups is 1. The second-order valence-corrected chi connectivity index (χ2v) is 10.4. The normalized spacial score (nSPS) is 15.4. The van der Waals surface area contributed by atoms with E-state index >= 15 is 0 Å². The van der Waals surface area contributed by atoms with E-state index in [-0.39, 0.29) is 16.4 Å². The predicted octanol–water partition coefficient (Wildman–Crippen LogP) is 4.01. The second kappa shape index (κ2) is 9.83. The van der Waals surface area contributed by atoms with E-state index in [0.717, 1.165) is 31.2 Å². The summed E-state index contributed by atoms with van der Waals surface area (Å²) in [6, 6.07) is 14.2. The molecule has 1 N–H and O–H groups in total. The molecule has 0 radical (unpaired) electrons. The Morgan fingerprint density at radius 3 is 2.29 bits per heavy atom. The fourth-order valence-corrected chi connectivity index (χ4v) is 5.47. The second-order valence-electron chi connectivity index (χ2n) is 8.72. The standard InChI is InChI=1S/C24H32N2O4S/c1-24(2,18-19-11-7-6-8-12-19)25-31(28,29)20-13-14-22(30-3)21(17-20)23(27)26-15-9-4-5-10-16-26/h6-8,11-14,17,25H,4-5,9-10,15-16,18H2,1-3H3. The van der Waals surface area contributed by atoms with Gasteiger partial charge in [0.05, 0.1) is 17.6 Å². The number of hydrogen-bond donors (Lipinski definition) is 1. The molecule has 1 saturated heterocycles. The molecule has 1 fully saturated rings. The molecule has 1 aliphatic rings. The van der Waals surface area contributed by atoms with Crippen molar-refractivity contribution < 1.29 is 17.9 Å². The van der Waals surface area contributed by atoms with Crippen LogP contribution in [-0.4, -0.2) is 45.0 Å². The number of nitrogens with zero attached hydrogens (tertiary/aromatic N) is 1. The van der Waals surface area contributed by atoms with Crippen LogP contribution in [0.15, 0.2) is 53.4 Å². The molecule has 1 amide bonds. The smallest absolute Gasteiger partial charge is 0.257 e. The van der Waals surface area contributed by atoms with Crippen molar-refractivity contribution >= 4 is 15.9 Å². The van der Waals surface area contributed by atoms with E-state index in [9.17, 15) is 13.2 Å². The van der Waals surface area contributed by atoms with Gasteiger partial charge in [-0.15, -0.1) is 0 Å². The average Bonchev–Trinajstić information content (AvgIpc) is 3.02. The maximum absolute atomic E-state index is 13.2. The quantitative estimate of drug-likeness (QED) is 0.700. The van der Waals surface area contributed by atoms with E-state index in [4.69, 9.17) is 4.74 Å². The summed E-state index contributed by atoms with van der Waals surface area (Å²) in [6.45, 7) is 5.07. The van der Waals surface area contributed by atoms with Gasteiger partial charge in [-0.3, -0.25) is 4.79 Å². The molecular formula is C24H32N2O4S. The number of methoxy groups -OCH3 is 1. The van der Waals surface area contributed by atoms with Crippen molar-refractivity contribution in [2.24, 2.45) is 0 Å². The molecule has 1 aliphatic heterocycles. The van der Waals surface area contributed by atoms with Crippen molar-refractivity contribution in [3.05, 3.63) is 59.7 Å². The summed E-state index contributed by atoms with van der Waals surface area (Å²) in [4.78, 5) is 15.0. The maximum Gasteiger partial charge on any atom is 0.257 e. The largest absolute Gasteiger partial charge is 0.496 e. The van der Waals surface area contributed by atoms with Crippen molar-refractivity contribution in [1.82, 2.24) is 9.62 Å². The van der Waals surface area contributed by atoms with Gasteiger partial charge in [0.2, 0.25) is 10.0 Å². The van der Waals surface area contributed by atoms with Gasteiger partial charge >= 0.3 is 0 Å². The summed E-state index contributed by atoms with van der Waals surface area (Å²) < 4.78 is 34.5. The molecule has 3 rings (SSSR count). The van der Waals surface area contributed by atoms with Gasteiger partial charge in [-0.1, -0.05) is 43.2 Å². The third-order valence-corrected chi connectivity index (χ3v) is 7.20. The Balaban J connectivity index is 1.85. The summed E-state index contributed by atoms with van der Waals surface area (Å²) in [5.74, 6) is 0.205. The Hall–Kier alpha value is -2.38. The van der Waals surface area contributed by atoms with Gasteiger partial charge in [-0.2, -0.15) is 0 Å². The van der Waals surface area contributed by atoms with Gasteiger partial charge in [0.25, 0.3) is 5.91 Å². The minimum atomic E-state index is -3.83. The first-order chi connectivity index (χ1) is 14.7. The lowest BCUT2D eigenvalue weighted by atomic mass is 9.96. The van der Waals surface area contributed by atoms with Crippen LogP contribution in [0.25, 0.3) is 0 Å². The molecule has 2 aromatic rings. The molecule has 0 unspecified atom stereocenters. The molecule has 0 saturated carbocycles. The zero-order chi connectivity index (χ0) is 22.5. The number of nitrogens with one attached hydrogen (secondary N) is 1.